The molecule has 0 amide bonds. The minimum atomic E-state index is -4.91. The van der Waals surface area contributed by atoms with Crippen molar-refractivity contribution in [3.05, 3.63) is 29.6 Å². The van der Waals surface area contributed by atoms with E-state index in [-0.39, 0.29) is 12.0 Å². The molecule has 0 radical (unpaired) electrons. The van der Waals surface area contributed by atoms with Gasteiger partial charge >= 0.3 is 12.3 Å². The second-order valence-corrected chi connectivity index (χ2v) is 3.45. The maximum absolute atomic E-state index is 13.4. The Morgan fingerprint density at radius 2 is 2.06 bits per heavy atom. The van der Waals surface area contributed by atoms with E-state index < -0.39 is 29.9 Å². The summed E-state index contributed by atoms with van der Waals surface area (Å²) in [5.74, 6) is -3.05. The lowest BCUT2D eigenvalue weighted by atomic mass is 10.1. The zero-order chi connectivity index (χ0) is 13.9. The van der Waals surface area contributed by atoms with Gasteiger partial charge in [-0.2, -0.15) is 0 Å². The number of carboxylic acids is 1. The number of hydrogen-bond acceptors (Lipinski definition) is 3. The summed E-state index contributed by atoms with van der Waals surface area (Å²) in [7, 11) is 0. The van der Waals surface area contributed by atoms with Gasteiger partial charge in [0.05, 0.1) is 0 Å². The van der Waals surface area contributed by atoms with Gasteiger partial charge in [-0.05, 0) is 11.6 Å². The summed E-state index contributed by atoms with van der Waals surface area (Å²) >= 11 is 0. The van der Waals surface area contributed by atoms with Crippen LogP contribution in [0, 0.1) is 5.82 Å². The van der Waals surface area contributed by atoms with E-state index in [9.17, 15) is 22.4 Å². The fourth-order valence-corrected chi connectivity index (χ4v) is 1.21. The summed E-state index contributed by atoms with van der Waals surface area (Å²) in [4.78, 5) is 10.4. The standard InChI is InChI=1S/C10H9F4NO3/c11-7-4-6(18-10(12,13)14)2-1-5(7)3-8(15)9(16)17/h1-2,4,8H,3,15H2,(H,16,17)/t8-/m0/s1. The van der Waals surface area contributed by atoms with Crippen LogP contribution in [-0.2, 0) is 11.2 Å². The molecule has 1 rings (SSSR count). The first-order chi connectivity index (χ1) is 8.19. The van der Waals surface area contributed by atoms with Crippen molar-refractivity contribution >= 4 is 5.97 Å². The van der Waals surface area contributed by atoms with Crippen molar-refractivity contribution in [2.24, 2.45) is 5.73 Å². The van der Waals surface area contributed by atoms with Crippen LogP contribution in [0.25, 0.3) is 0 Å². The first-order valence-corrected chi connectivity index (χ1v) is 4.71. The molecule has 18 heavy (non-hydrogen) atoms. The van der Waals surface area contributed by atoms with Crippen LogP contribution in [0.15, 0.2) is 18.2 Å². The molecule has 0 aliphatic heterocycles. The molecule has 0 saturated carbocycles. The molecule has 0 saturated heterocycles. The number of benzene rings is 1. The first-order valence-electron chi connectivity index (χ1n) is 4.71. The van der Waals surface area contributed by atoms with Crippen LogP contribution in [-0.4, -0.2) is 23.5 Å². The number of rotatable bonds is 4. The van der Waals surface area contributed by atoms with E-state index in [2.05, 4.69) is 4.74 Å². The van der Waals surface area contributed by atoms with Crippen LogP contribution in [0.4, 0.5) is 17.6 Å². The van der Waals surface area contributed by atoms with Crippen molar-refractivity contribution in [3.63, 3.8) is 0 Å². The zero-order valence-electron chi connectivity index (χ0n) is 8.87. The zero-order valence-corrected chi connectivity index (χ0v) is 8.87. The molecule has 0 bridgehead atoms. The summed E-state index contributed by atoms with van der Waals surface area (Å²) in [5, 5.41) is 8.52. The number of alkyl halides is 3. The minimum Gasteiger partial charge on any atom is -0.480 e. The molecule has 0 aliphatic carbocycles. The van der Waals surface area contributed by atoms with Crippen molar-refractivity contribution in [1.82, 2.24) is 0 Å². The van der Waals surface area contributed by atoms with E-state index in [1.54, 1.807) is 0 Å². The molecule has 0 unspecified atom stereocenters. The first kappa shape index (κ1) is 14.2. The van der Waals surface area contributed by atoms with E-state index in [1.165, 1.54) is 0 Å². The van der Waals surface area contributed by atoms with Crippen molar-refractivity contribution in [2.45, 2.75) is 18.8 Å². The molecule has 0 spiro atoms. The van der Waals surface area contributed by atoms with Gasteiger partial charge in [0.2, 0.25) is 0 Å². The van der Waals surface area contributed by atoms with Gasteiger partial charge in [0.25, 0.3) is 0 Å². The molecule has 4 nitrogen and oxygen atoms in total. The summed E-state index contributed by atoms with van der Waals surface area (Å²) in [6.07, 6.45) is -5.24. The van der Waals surface area contributed by atoms with Crippen molar-refractivity contribution in [2.75, 3.05) is 0 Å². The SMILES string of the molecule is N[C@@H](Cc1ccc(OC(F)(F)F)cc1F)C(=O)O. The summed E-state index contributed by atoms with van der Waals surface area (Å²) in [6.45, 7) is 0. The van der Waals surface area contributed by atoms with Gasteiger partial charge in [0, 0.05) is 12.5 Å². The van der Waals surface area contributed by atoms with Crippen molar-refractivity contribution < 1.29 is 32.2 Å². The molecule has 0 aromatic heterocycles. The predicted octanol–water partition coefficient (Wildman–Crippen LogP) is 1.68. The number of carboxylic acid groups (broad SMARTS) is 1. The Morgan fingerprint density at radius 1 is 1.44 bits per heavy atom. The molecule has 8 heteroatoms. The van der Waals surface area contributed by atoms with Gasteiger partial charge in [-0.3, -0.25) is 4.79 Å². The number of halogens is 4. The van der Waals surface area contributed by atoms with E-state index in [4.69, 9.17) is 10.8 Å². The maximum atomic E-state index is 13.4. The van der Waals surface area contributed by atoms with Crippen LogP contribution in [0.1, 0.15) is 5.56 Å². The molecule has 3 N–H and O–H groups in total. The molecule has 100 valence electrons. The van der Waals surface area contributed by atoms with Gasteiger partial charge in [0.1, 0.15) is 17.6 Å². The van der Waals surface area contributed by atoms with E-state index in [1.807, 2.05) is 0 Å². The van der Waals surface area contributed by atoms with Gasteiger partial charge in [-0.1, -0.05) is 6.07 Å². The Balaban J connectivity index is 2.83. The lowest BCUT2D eigenvalue weighted by Crippen LogP contribution is -2.32. The largest absolute Gasteiger partial charge is 0.573 e. The summed E-state index contributed by atoms with van der Waals surface area (Å²) in [5.41, 5.74) is 5.08. The molecular weight excluding hydrogens is 258 g/mol. The Hall–Kier alpha value is -1.83. The normalized spacial score (nSPS) is 13.2. The molecule has 1 atom stereocenters. The Labute approximate surface area is 99.0 Å². The van der Waals surface area contributed by atoms with Crippen LogP contribution in [0.2, 0.25) is 0 Å². The van der Waals surface area contributed by atoms with E-state index in [0.29, 0.717) is 6.07 Å². The second-order valence-electron chi connectivity index (χ2n) is 3.45. The highest BCUT2D eigenvalue weighted by molar-refractivity contribution is 5.73. The van der Waals surface area contributed by atoms with Gasteiger partial charge in [-0.15, -0.1) is 13.2 Å². The summed E-state index contributed by atoms with van der Waals surface area (Å²) < 4.78 is 52.4. The van der Waals surface area contributed by atoms with Crippen molar-refractivity contribution in [1.29, 1.82) is 0 Å². The number of hydrogen-bond donors (Lipinski definition) is 2. The maximum Gasteiger partial charge on any atom is 0.573 e. The van der Waals surface area contributed by atoms with Crippen LogP contribution in [0.3, 0.4) is 0 Å². The average molecular weight is 267 g/mol. The lowest BCUT2D eigenvalue weighted by Gasteiger charge is -2.11. The molecule has 0 heterocycles. The molecule has 0 fully saturated rings. The van der Waals surface area contributed by atoms with E-state index >= 15 is 0 Å². The number of ether oxygens (including phenoxy) is 1. The fourth-order valence-electron chi connectivity index (χ4n) is 1.21. The van der Waals surface area contributed by atoms with Crippen molar-refractivity contribution in [3.8, 4) is 5.75 Å². The highest BCUT2D eigenvalue weighted by atomic mass is 19.4. The average Bonchev–Trinajstić information content (AvgIpc) is 2.19. The van der Waals surface area contributed by atoms with E-state index in [0.717, 1.165) is 12.1 Å². The molecule has 0 aliphatic rings. The highest BCUT2D eigenvalue weighted by Gasteiger charge is 2.31. The van der Waals surface area contributed by atoms with Crippen LogP contribution >= 0.6 is 0 Å². The Morgan fingerprint density at radius 3 is 2.50 bits per heavy atom. The van der Waals surface area contributed by atoms with Crippen LogP contribution < -0.4 is 10.5 Å². The lowest BCUT2D eigenvalue weighted by molar-refractivity contribution is -0.274. The molecular formula is C10H9F4NO3. The fraction of sp³-hybridized carbons (Fsp3) is 0.300. The second kappa shape index (κ2) is 5.21. The molecule has 1 aromatic rings. The Kier molecular flexibility index (Phi) is 4.12. The highest BCUT2D eigenvalue weighted by Crippen LogP contribution is 2.24. The molecule has 1 aromatic carbocycles. The van der Waals surface area contributed by atoms with Gasteiger partial charge < -0.3 is 15.6 Å². The predicted molar refractivity (Wildman–Crippen MR) is 52.4 cm³/mol. The number of carbonyl (C=O) groups is 1. The smallest absolute Gasteiger partial charge is 0.480 e. The topological polar surface area (TPSA) is 72.5 Å². The third kappa shape index (κ3) is 4.21. The van der Waals surface area contributed by atoms with Gasteiger partial charge in [-0.25, -0.2) is 4.39 Å². The van der Waals surface area contributed by atoms with Crippen LogP contribution in [0.5, 0.6) is 5.75 Å². The third-order valence-corrected chi connectivity index (χ3v) is 2.02. The Bertz CT molecular complexity index is 447. The number of aliphatic carboxylic acids is 1. The van der Waals surface area contributed by atoms with Gasteiger partial charge in [0.15, 0.2) is 0 Å². The quantitative estimate of drug-likeness (QED) is 0.814. The third-order valence-electron chi connectivity index (χ3n) is 2.02. The monoisotopic (exact) mass is 267 g/mol. The summed E-state index contributed by atoms with van der Waals surface area (Å²) in [6, 6.07) is 1.09. The number of nitrogens with two attached hydrogens (primary N) is 1. The minimum absolute atomic E-state index is 0.0978.